The van der Waals surface area contributed by atoms with Crippen molar-refractivity contribution >= 4 is 29.9 Å². The van der Waals surface area contributed by atoms with Crippen LogP contribution in [-0.2, 0) is 18.2 Å². The molecular weight excluding hydrogens is 265 g/mol. The van der Waals surface area contributed by atoms with Crippen molar-refractivity contribution < 1.29 is 0 Å². The van der Waals surface area contributed by atoms with Gasteiger partial charge in [-0.05, 0) is 48.5 Å². The van der Waals surface area contributed by atoms with Gasteiger partial charge in [0.1, 0.15) is 0 Å². The van der Waals surface area contributed by atoms with E-state index >= 15 is 0 Å². The SMILES string of the molecule is CCc1ccccc1C1CCCCN1S[PH2]=S. The zero-order valence-electron chi connectivity index (χ0n) is 10.3. The topological polar surface area (TPSA) is 3.24 Å². The van der Waals surface area contributed by atoms with Crippen molar-refractivity contribution in [3.63, 3.8) is 0 Å². The van der Waals surface area contributed by atoms with Crippen molar-refractivity contribution in [2.45, 2.75) is 38.6 Å². The van der Waals surface area contributed by atoms with Crippen LogP contribution >= 0.6 is 18.1 Å². The standard InChI is InChI=1S/C13H20NPS2/c1-2-11-7-3-4-8-12(11)13-9-5-6-10-14(13)17-15-16/h3-4,7-8,13H,2,5-6,9-10,15H2,1H3. The average molecular weight is 285 g/mol. The van der Waals surface area contributed by atoms with Crippen LogP contribution in [0.1, 0.15) is 43.4 Å². The van der Waals surface area contributed by atoms with Crippen LogP contribution in [0, 0.1) is 0 Å². The average Bonchev–Trinajstić information content (AvgIpc) is 2.40. The lowest BCUT2D eigenvalue weighted by Crippen LogP contribution is -2.27. The van der Waals surface area contributed by atoms with E-state index in [9.17, 15) is 0 Å². The molecule has 0 spiro atoms. The predicted octanol–water partition coefficient (Wildman–Crippen LogP) is 4.21. The van der Waals surface area contributed by atoms with E-state index in [4.69, 9.17) is 11.8 Å². The van der Waals surface area contributed by atoms with Gasteiger partial charge in [-0.3, -0.25) is 0 Å². The molecule has 0 aromatic heterocycles. The number of hydrogen-bond donors (Lipinski definition) is 0. The largest absolute Gasteiger partial charge is 0.239 e. The molecule has 1 aromatic carbocycles. The lowest BCUT2D eigenvalue weighted by atomic mass is 9.93. The van der Waals surface area contributed by atoms with Gasteiger partial charge in [-0.25, -0.2) is 4.31 Å². The molecule has 17 heavy (non-hydrogen) atoms. The number of piperidine rings is 1. The van der Waals surface area contributed by atoms with Gasteiger partial charge in [-0.1, -0.05) is 49.4 Å². The molecule has 2 atom stereocenters. The Kier molecular flexibility index (Phi) is 5.55. The van der Waals surface area contributed by atoms with E-state index in [0.29, 0.717) is 6.04 Å². The summed E-state index contributed by atoms with van der Waals surface area (Å²) < 4.78 is 2.54. The van der Waals surface area contributed by atoms with Crippen molar-refractivity contribution in [1.29, 1.82) is 0 Å². The molecule has 1 fully saturated rings. The monoisotopic (exact) mass is 285 g/mol. The Morgan fingerprint density at radius 3 is 3.00 bits per heavy atom. The lowest BCUT2D eigenvalue weighted by Gasteiger charge is -2.35. The summed E-state index contributed by atoms with van der Waals surface area (Å²) in [6.07, 6.45) is 5.10. The zero-order valence-corrected chi connectivity index (χ0v) is 13.1. The van der Waals surface area contributed by atoms with Crippen molar-refractivity contribution in [2.24, 2.45) is 0 Å². The van der Waals surface area contributed by atoms with Crippen LogP contribution in [-0.4, -0.2) is 10.8 Å². The normalized spacial score (nSPS) is 22.3. The molecule has 4 heteroatoms. The summed E-state index contributed by atoms with van der Waals surface area (Å²) in [5, 5.41) is 0. The van der Waals surface area contributed by atoms with E-state index in [-0.39, 0.29) is 6.56 Å². The smallest absolute Gasteiger partial charge is 0.0458 e. The molecular formula is C13H20NPS2. The van der Waals surface area contributed by atoms with Crippen LogP contribution in [0.5, 0.6) is 0 Å². The molecule has 1 aliphatic heterocycles. The summed E-state index contributed by atoms with van der Waals surface area (Å²) in [6, 6.07) is 9.50. The molecule has 0 aliphatic carbocycles. The minimum atomic E-state index is 0.0913. The maximum absolute atomic E-state index is 5.20. The summed E-state index contributed by atoms with van der Waals surface area (Å²) in [6.45, 7) is 3.54. The highest BCUT2D eigenvalue weighted by molar-refractivity contribution is 8.56. The summed E-state index contributed by atoms with van der Waals surface area (Å²) in [7, 11) is 0. The second kappa shape index (κ2) is 6.94. The number of nitrogens with zero attached hydrogens (tertiary/aromatic N) is 1. The fraction of sp³-hybridized carbons (Fsp3) is 0.538. The van der Waals surface area contributed by atoms with E-state index < -0.39 is 0 Å². The van der Waals surface area contributed by atoms with Crippen LogP contribution in [0.3, 0.4) is 0 Å². The third-order valence-corrected chi connectivity index (χ3v) is 6.07. The maximum Gasteiger partial charge on any atom is 0.0458 e. The van der Waals surface area contributed by atoms with E-state index in [1.54, 1.807) is 0 Å². The molecule has 0 saturated carbocycles. The molecule has 0 bridgehead atoms. The van der Waals surface area contributed by atoms with Gasteiger partial charge in [-0.2, -0.15) is 0 Å². The van der Waals surface area contributed by atoms with Crippen LogP contribution < -0.4 is 0 Å². The summed E-state index contributed by atoms with van der Waals surface area (Å²) >= 11 is 7.11. The van der Waals surface area contributed by atoms with Gasteiger partial charge in [0, 0.05) is 12.6 Å². The first-order chi connectivity index (χ1) is 8.36. The molecule has 0 radical (unpaired) electrons. The van der Waals surface area contributed by atoms with Gasteiger partial charge < -0.3 is 0 Å². The highest BCUT2D eigenvalue weighted by atomic mass is 32.9. The second-order valence-corrected chi connectivity index (χ2v) is 8.22. The Morgan fingerprint density at radius 1 is 1.41 bits per heavy atom. The molecule has 1 nitrogen and oxygen atoms in total. The van der Waals surface area contributed by atoms with Crippen LogP contribution in [0.4, 0.5) is 0 Å². The summed E-state index contributed by atoms with van der Waals surface area (Å²) in [5.74, 6) is 0. The Morgan fingerprint density at radius 2 is 2.24 bits per heavy atom. The minimum Gasteiger partial charge on any atom is -0.239 e. The van der Waals surface area contributed by atoms with E-state index in [2.05, 4.69) is 35.5 Å². The Hall–Kier alpha value is 0.180. The first kappa shape index (κ1) is 13.6. The van der Waals surface area contributed by atoms with Gasteiger partial charge in [0.05, 0.1) is 0 Å². The fourth-order valence-electron chi connectivity index (χ4n) is 2.58. The molecule has 2 unspecified atom stereocenters. The fourth-order valence-corrected chi connectivity index (χ4v) is 5.37. The highest BCUT2D eigenvalue weighted by Crippen LogP contribution is 2.40. The number of rotatable bonds is 4. The molecule has 1 heterocycles. The molecule has 1 aliphatic rings. The second-order valence-electron chi connectivity index (χ2n) is 4.41. The lowest BCUT2D eigenvalue weighted by molar-refractivity contribution is 0.280. The molecule has 1 saturated heterocycles. The van der Waals surface area contributed by atoms with Crippen LogP contribution in [0.2, 0.25) is 0 Å². The van der Waals surface area contributed by atoms with Crippen molar-refractivity contribution in [3.05, 3.63) is 35.4 Å². The van der Waals surface area contributed by atoms with E-state index in [1.807, 2.05) is 11.6 Å². The maximum atomic E-state index is 5.20. The van der Waals surface area contributed by atoms with Crippen molar-refractivity contribution in [3.8, 4) is 0 Å². The third-order valence-electron chi connectivity index (χ3n) is 3.43. The van der Waals surface area contributed by atoms with Crippen molar-refractivity contribution in [1.82, 2.24) is 4.31 Å². The van der Waals surface area contributed by atoms with E-state index in [0.717, 1.165) is 6.42 Å². The van der Waals surface area contributed by atoms with E-state index in [1.165, 1.54) is 36.9 Å². The highest BCUT2D eigenvalue weighted by Gasteiger charge is 2.25. The molecule has 2 rings (SSSR count). The first-order valence-electron chi connectivity index (χ1n) is 6.31. The number of hydrogen-bond acceptors (Lipinski definition) is 3. The quantitative estimate of drug-likeness (QED) is 0.602. The van der Waals surface area contributed by atoms with Crippen LogP contribution in [0.15, 0.2) is 24.3 Å². The van der Waals surface area contributed by atoms with Gasteiger partial charge in [0.15, 0.2) is 0 Å². The van der Waals surface area contributed by atoms with Gasteiger partial charge in [0.25, 0.3) is 0 Å². The Balaban J connectivity index is 2.25. The number of benzene rings is 1. The summed E-state index contributed by atoms with van der Waals surface area (Å²) in [4.78, 5) is 0. The zero-order chi connectivity index (χ0) is 12.1. The van der Waals surface area contributed by atoms with Crippen LogP contribution in [0.25, 0.3) is 0 Å². The molecule has 94 valence electrons. The van der Waals surface area contributed by atoms with Gasteiger partial charge >= 0.3 is 0 Å². The third kappa shape index (κ3) is 3.35. The number of aryl methyl sites for hydroxylation is 1. The molecule has 0 N–H and O–H groups in total. The van der Waals surface area contributed by atoms with Crippen molar-refractivity contribution in [2.75, 3.05) is 6.54 Å². The predicted molar refractivity (Wildman–Crippen MR) is 83.8 cm³/mol. The first-order valence-corrected chi connectivity index (χ1v) is 10.4. The minimum absolute atomic E-state index is 0.0913. The summed E-state index contributed by atoms with van der Waals surface area (Å²) in [5.41, 5.74) is 3.04. The molecule has 0 amide bonds. The van der Waals surface area contributed by atoms with Gasteiger partial charge in [-0.15, -0.1) is 0 Å². The Bertz CT molecular complexity index is 383. The van der Waals surface area contributed by atoms with Gasteiger partial charge in [0.2, 0.25) is 0 Å². The molecule has 1 aromatic rings. The Labute approximate surface area is 115 Å².